The molecule has 0 unspecified atom stereocenters. The first-order chi connectivity index (χ1) is 17.3. The molecule has 4 aromatic rings. The molecule has 3 atom stereocenters. The van der Waals surface area contributed by atoms with Crippen LogP contribution in [0.25, 0.3) is 16.8 Å². The van der Waals surface area contributed by atoms with Crippen molar-refractivity contribution in [2.45, 2.75) is 38.3 Å². The second-order valence-corrected chi connectivity index (χ2v) is 8.57. The van der Waals surface area contributed by atoms with Crippen molar-refractivity contribution in [1.82, 2.24) is 30.1 Å². The van der Waals surface area contributed by atoms with E-state index in [2.05, 4.69) is 30.9 Å². The fraction of sp³-hybridized carbons (Fsp3) is 0.304. The van der Waals surface area contributed by atoms with E-state index in [-0.39, 0.29) is 18.2 Å². The third-order valence-electron chi connectivity index (χ3n) is 5.45. The molecule has 13 heteroatoms. The van der Waals surface area contributed by atoms with Crippen molar-refractivity contribution in [3.63, 3.8) is 0 Å². The number of rotatable bonds is 6. The standard InChI is InChI=1S/C23H22F3N7O3/c1-11(2)28-23(34)36-18-10-35-21(20(18)26)16-9-19(31-30-16)29-22-17-8-15(32-33(17)4-3-27-22)12-5-13(24)7-14(25)6-12/h3-9,11,18,20-21H,10H2,1-2H3,(H,28,34)(H2,27,29,30,31)/t18-,20+,21-/m0/s1. The lowest BCUT2D eigenvalue weighted by Gasteiger charge is -2.16. The van der Waals surface area contributed by atoms with Crippen molar-refractivity contribution < 1.29 is 27.4 Å². The highest BCUT2D eigenvalue weighted by Crippen LogP contribution is 2.34. The summed E-state index contributed by atoms with van der Waals surface area (Å²) in [6, 6.07) is 6.19. The lowest BCUT2D eigenvalue weighted by molar-refractivity contribution is 0.0615. The molecular weight excluding hydrogens is 479 g/mol. The predicted octanol–water partition coefficient (Wildman–Crippen LogP) is 4.05. The Morgan fingerprint density at radius 3 is 2.75 bits per heavy atom. The lowest BCUT2D eigenvalue weighted by Crippen LogP contribution is -2.36. The van der Waals surface area contributed by atoms with Crippen LogP contribution in [0.4, 0.5) is 29.6 Å². The van der Waals surface area contributed by atoms with Gasteiger partial charge in [-0.25, -0.2) is 27.5 Å². The summed E-state index contributed by atoms with van der Waals surface area (Å²) in [6.07, 6.45) is -1.28. The van der Waals surface area contributed by atoms with Gasteiger partial charge in [-0.1, -0.05) is 0 Å². The van der Waals surface area contributed by atoms with E-state index in [0.717, 1.165) is 6.07 Å². The number of fused-ring (bicyclic) bond motifs is 1. The van der Waals surface area contributed by atoms with Gasteiger partial charge < -0.3 is 20.1 Å². The molecule has 1 aliphatic rings. The van der Waals surface area contributed by atoms with Crippen molar-refractivity contribution in [2.75, 3.05) is 11.9 Å². The van der Waals surface area contributed by atoms with E-state index < -0.39 is 36.1 Å². The third kappa shape index (κ3) is 4.82. The summed E-state index contributed by atoms with van der Waals surface area (Å²) in [5.74, 6) is -0.739. The number of aromatic amines is 1. The number of carbonyl (C=O) groups is 1. The second kappa shape index (κ2) is 9.49. The number of amides is 1. The van der Waals surface area contributed by atoms with Gasteiger partial charge in [0, 0.05) is 36.1 Å². The van der Waals surface area contributed by atoms with Crippen molar-refractivity contribution >= 4 is 23.2 Å². The number of anilines is 2. The van der Waals surface area contributed by atoms with Gasteiger partial charge >= 0.3 is 6.09 Å². The van der Waals surface area contributed by atoms with Gasteiger partial charge in [0.25, 0.3) is 0 Å². The maximum absolute atomic E-state index is 14.9. The van der Waals surface area contributed by atoms with Gasteiger partial charge in [-0.15, -0.1) is 0 Å². The van der Waals surface area contributed by atoms with Crippen LogP contribution in [0.1, 0.15) is 25.6 Å². The normalized spacial score (nSPS) is 19.7. The number of carbonyl (C=O) groups excluding carboxylic acids is 1. The van der Waals surface area contributed by atoms with Crippen LogP contribution in [-0.4, -0.2) is 55.8 Å². The number of alkyl carbamates (subject to hydrolysis) is 1. The zero-order chi connectivity index (χ0) is 25.4. The van der Waals surface area contributed by atoms with E-state index >= 15 is 0 Å². The summed E-state index contributed by atoms with van der Waals surface area (Å²) in [4.78, 5) is 16.1. The van der Waals surface area contributed by atoms with Gasteiger partial charge in [0.15, 0.2) is 23.9 Å². The molecule has 1 amide bonds. The van der Waals surface area contributed by atoms with Crippen LogP contribution in [0.5, 0.6) is 0 Å². The highest BCUT2D eigenvalue weighted by atomic mass is 19.1. The summed E-state index contributed by atoms with van der Waals surface area (Å²) >= 11 is 0. The number of hydrogen-bond acceptors (Lipinski definition) is 7. The highest BCUT2D eigenvalue weighted by molar-refractivity contribution is 5.77. The van der Waals surface area contributed by atoms with Crippen LogP contribution in [-0.2, 0) is 9.47 Å². The van der Waals surface area contributed by atoms with Gasteiger partial charge in [0.05, 0.1) is 18.0 Å². The van der Waals surface area contributed by atoms with Gasteiger partial charge in [-0.3, -0.25) is 5.10 Å². The van der Waals surface area contributed by atoms with Crippen LogP contribution >= 0.6 is 0 Å². The minimum atomic E-state index is -1.60. The molecule has 0 bridgehead atoms. The quantitative estimate of drug-likeness (QED) is 0.365. The molecule has 0 radical (unpaired) electrons. The van der Waals surface area contributed by atoms with Crippen LogP contribution < -0.4 is 10.6 Å². The molecule has 3 N–H and O–H groups in total. The zero-order valence-electron chi connectivity index (χ0n) is 19.2. The molecule has 1 aliphatic heterocycles. The average Bonchev–Trinajstić information content (AvgIpc) is 3.52. The zero-order valence-corrected chi connectivity index (χ0v) is 19.2. The number of hydrogen-bond donors (Lipinski definition) is 3. The molecule has 1 aromatic carbocycles. The van der Waals surface area contributed by atoms with Gasteiger partial charge in [-0.2, -0.15) is 10.2 Å². The number of nitrogens with one attached hydrogen (secondary N) is 3. The van der Waals surface area contributed by atoms with Crippen molar-refractivity contribution in [1.29, 1.82) is 0 Å². The van der Waals surface area contributed by atoms with Crippen molar-refractivity contribution in [3.05, 3.63) is 60.1 Å². The fourth-order valence-corrected chi connectivity index (χ4v) is 3.87. The Bertz CT molecular complexity index is 1390. The van der Waals surface area contributed by atoms with Crippen LogP contribution in [0.3, 0.4) is 0 Å². The van der Waals surface area contributed by atoms with E-state index in [4.69, 9.17) is 9.47 Å². The third-order valence-corrected chi connectivity index (χ3v) is 5.45. The van der Waals surface area contributed by atoms with E-state index in [9.17, 15) is 18.0 Å². The van der Waals surface area contributed by atoms with Crippen molar-refractivity contribution in [2.24, 2.45) is 0 Å². The number of aromatic nitrogens is 5. The number of ether oxygens (including phenoxy) is 2. The molecule has 3 aromatic heterocycles. The number of H-pyrrole nitrogens is 1. The molecule has 0 aliphatic carbocycles. The first kappa shape index (κ1) is 23.6. The average molecular weight is 501 g/mol. The predicted molar refractivity (Wildman–Crippen MR) is 122 cm³/mol. The Morgan fingerprint density at radius 1 is 1.22 bits per heavy atom. The van der Waals surface area contributed by atoms with Gasteiger partial charge in [-0.05, 0) is 32.0 Å². The summed E-state index contributed by atoms with van der Waals surface area (Å²) in [5, 5.41) is 16.8. The Labute approximate surface area is 202 Å². The first-order valence-corrected chi connectivity index (χ1v) is 11.1. The summed E-state index contributed by atoms with van der Waals surface area (Å²) in [5.41, 5.74) is 1.48. The minimum Gasteiger partial charge on any atom is -0.441 e. The van der Waals surface area contributed by atoms with Crippen LogP contribution in [0, 0.1) is 11.6 Å². The van der Waals surface area contributed by atoms with Crippen LogP contribution in [0.2, 0.25) is 0 Å². The van der Waals surface area contributed by atoms with Gasteiger partial charge in [0.1, 0.15) is 23.3 Å². The number of nitrogens with zero attached hydrogens (tertiary/aromatic N) is 4. The molecule has 0 spiro atoms. The molecule has 1 fully saturated rings. The largest absolute Gasteiger partial charge is 0.441 e. The minimum absolute atomic E-state index is 0.0979. The smallest absolute Gasteiger partial charge is 0.407 e. The second-order valence-electron chi connectivity index (χ2n) is 8.57. The Kier molecular flexibility index (Phi) is 6.22. The number of alkyl halides is 1. The van der Waals surface area contributed by atoms with Gasteiger partial charge in [0.2, 0.25) is 0 Å². The monoisotopic (exact) mass is 501 g/mol. The van der Waals surface area contributed by atoms with Crippen LogP contribution in [0.15, 0.2) is 42.7 Å². The molecule has 36 heavy (non-hydrogen) atoms. The Morgan fingerprint density at radius 2 is 2.00 bits per heavy atom. The molecule has 1 saturated heterocycles. The van der Waals surface area contributed by atoms with Crippen molar-refractivity contribution in [3.8, 4) is 11.3 Å². The van der Waals surface area contributed by atoms with E-state index in [1.54, 1.807) is 32.2 Å². The molecular formula is C23H22F3N7O3. The maximum atomic E-state index is 14.9. The summed E-state index contributed by atoms with van der Waals surface area (Å²) in [7, 11) is 0. The number of benzene rings is 1. The fourth-order valence-electron chi connectivity index (χ4n) is 3.87. The molecule has 188 valence electrons. The van der Waals surface area contributed by atoms with E-state index in [0.29, 0.717) is 28.5 Å². The maximum Gasteiger partial charge on any atom is 0.407 e. The SMILES string of the molecule is CC(C)NC(=O)O[C@H]1CO[C@@H](c2cc(Nc3nccn4nc(-c5cc(F)cc(F)c5)cc34)n[nH]2)[C@@H]1F. The highest BCUT2D eigenvalue weighted by Gasteiger charge is 2.42. The van der Waals surface area contributed by atoms with E-state index in [1.165, 1.54) is 22.8 Å². The summed E-state index contributed by atoms with van der Waals surface area (Å²) < 4.78 is 54.4. The molecule has 4 heterocycles. The molecule has 0 saturated carbocycles. The topological polar surface area (TPSA) is 118 Å². The molecule has 10 nitrogen and oxygen atoms in total. The number of halogens is 3. The Balaban J connectivity index is 1.32. The lowest BCUT2D eigenvalue weighted by atomic mass is 10.1. The van der Waals surface area contributed by atoms with E-state index in [1.807, 2.05) is 0 Å². The Hall–Kier alpha value is -4.13. The summed E-state index contributed by atoms with van der Waals surface area (Å²) in [6.45, 7) is 3.44. The first-order valence-electron chi connectivity index (χ1n) is 11.1. The molecule has 5 rings (SSSR count).